The first-order valence-corrected chi connectivity index (χ1v) is 10.5. The molecule has 3 aliphatic heterocycles. The number of carbonyl (C=O) groups excluding carboxylic acids is 1. The molecule has 0 bridgehead atoms. The van der Waals surface area contributed by atoms with E-state index in [9.17, 15) is 13.6 Å². The number of benzene rings is 1. The van der Waals surface area contributed by atoms with E-state index in [0.29, 0.717) is 30.2 Å². The SMILES string of the molecule is Cc1cc(C(F)F)cnc1C(=O)Nc1ccc2c(c1)C1(COC(N)=N1)C1(COC1)C(C)(C)O2. The fourth-order valence-electron chi connectivity index (χ4n) is 5.00. The number of carbonyl (C=O) groups is 1. The summed E-state index contributed by atoms with van der Waals surface area (Å²) in [7, 11) is 0. The molecule has 0 saturated carbocycles. The van der Waals surface area contributed by atoms with Gasteiger partial charge in [0.05, 0.1) is 18.6 Å². The highest BCUT2D eigenvalue weighted by molar-refractivity contribution is 6.04. The van der Waals surface area contributed by atoms with Gasteiger partial charge in [-0.3, -0.25) is 9.78 Å². The molecule has 1 fully saturated rings. The van der Waals surface area contributed by atoms with E-state index in [2.05, 4.69) is 10.3 Å². The lowest BCUT2D eigenvalue weighted by molar-refractivity contribution is -0.247. The number of nitrogens with one attached hydrogen (secondary N) is 1. The number of aliphatic imine (C=N–C) groups is 1. The third kappa shape index (κ3) is 3.00. The van der Waals surface area contributed by atoms with Crippen molar-refractivity contribution in [2.75, 3.05) is 25.1 Å². The van der Waals surface area contributed by atoms with Crippen LogP contribution >= 0.6 is 0 Å². The van der Waals surface area contributed by atoms with Crippen LogP contribution in [0.4, 0.5) is 14.5 Å². The molecule has 1 amide bonds. The number of hydrogen-bond acceptors (Lipinski definition) is 7. The van der Waals surface area contributed by atoms with Gasteiger partial charge in [0.15, 0.2) is 0 Å². The molecule has 3 N–H and O–H groups in total. The molecule has 33 heavy (non-hydrogen) atoms. The lowest BCUT2D eigenvalue weighted by Gasteiger charge is -2.61. The fourth-order valence-corrected chi connectivity index (χ4v) is 5.00. The van der Waals surface area contributed by atoms with E-state index in [1.54, 1.807) is 25.1 Å². The van der Waals surface area contributed by atoms with E-state index >= 15 is 0 Å². The van der Waals surface area contributed by atoms with E-state index in [1.807, 2.05) is 13.8 Å². The first-order valence-electron chi connectivity index (χ1n) is 10.5. The van der Waals surface area contributed by atoms with Gasteiger partial charge in [-0.1, -0.05) is 0 Å². The molecule has 2 aromatic rings. The zero-order valence-corrected chi connectivity index (χ0v) is 18.4. The summed E-state index contributed by atoms with van der Waals surface area (Å²) in [6.45, 7) is 6.65. The maximum Gasteiger partial charge on any atom is 0.283 e. The molecule has 1 unspecified atom stereocenters. The van der Waals surface area contributed by atoms with Crippen molar-refractivity contribution in [3.63, 3.8) is 0 Å². The van der Waals surface area contributed by atoms with Crippen molar-refractivity contribution in [1.29, 1.82) is 0 Å². The number of rotatable bonds is 3. The Balaban J connectivity index is 1.52. The van der Waals surface area contributed by atoms with Crippen LogP contribution in [0.2, 0.25) is 0 Å². The van der Waals surface area contributed by atoms with Crippen LogP contribution in [-0.4, -0.2) is 42.3 Å². The first kappa shape index (κ1) is 21.6. The van der Waals surface area contributed by atoms with Gasteiger partial charge in [-0.15, -0.1) is 0 Å². The Morgan fingerprint density at radius 1 is 1.21 bits per heavy atom. The van der Waals surface area contributed by atoms with Crippen molar-refractivity contribution in [3.8, 4) is 5.75 Å². The number of nitrogens with two attached hydrogens (primary N) is 1. The molecule has 10 heteroatoms. The smallest absolute Gasteiger partial charge is 0.283 e. The number of nitrogens with zero attached hydrogens (tertiary/aromatic N) is 2. The van der Waals surface area contributed by atoms with E-state index in [0.717, 1.165) is 11.8 Å². The van der Waals surface area contributed by atoms with Crippen LogP contribution in [0.3, 0.4) is 0 Å². The molecule has 5 rings (SSSR count). The predicted molar refractivity (Wildman–Crippen MR) is 116 cm³/mol. The highest BCUT2D eigenvalue weighted by atomic mass is 19.3. The van der Waals surface area contributed by atoms with E-state index in [1.165, 1.54) is 6.07 Å². The molecule has 0 aliphatic carbocycles. The molecular weight excluding hydrogens is 434 g/mol. The van der Waals surface area contributed by atoms with Crippen molar-refractivity contribution in [2.45, 2.75) is 38.3 Å². The average Bonchev–Trinajstić information content (AvgIpc) is 3.09. The summed E-state index contributed by atoms with van der Waals surface area (Å²) < 4.78 is 43.4. The number of ether oxygens (including phenoxy) is 3. The maximum absolute atomic E-state index is 12.9. The number of amidine groups is 1. The van der Waals surface area contributed by atoms with Crippen LogP contribution < -0.4 is 15.8 Å². The molecule has 174 valence electrons. The van der Waals surface area contributed by atoms with Crippen LogP contribution in [0.15, 0.2) is 35.5 Å². The monoisotopic (exact) mass is 458 g/mol. The minimum atomic E-state index is -2.65. The van der Waals surface area contributed by atoms with Crippen LogP contribution in [0.1, 0.15) is 47.5 Å². The van der Waals surface area contributed by atoms with Gasteiger partial charge in [-0.05, 0) is 50.6 Å². The lowest BCUT2D eigenvalue weighted by atomic mass is 9.55. The van der Waals surface area contributed by atoms with Gasteiger partial charge in [0.1, 0.15) is 29.2 Å². The molecule has 0 radical (unpaired) electrons. The lowest BCUT2D eigenvalue weighted by Crippen LogP contribution is -2.71. The van der Waals surface area contributed by atoms with Gasteiger partial charge in [-0.25, -0.2) is 13.8 Å². The minimum absolute atomic E-state index is 0.0690. The van der Waals surface area contributed by atoms with Gasteiger partial charge < -0.3 is 25.3 Å². The zero-order valence-electron chi connectivity index (χ0n) is 18.4. The fraction of sp³-hybridized carbons (Fsp3) is 0.435. The highest BCUT2D eigenvalue weighted by Crippen LogP contribution is 2.62. The molecule has 1 saturated heterocycles. The van der Waals surface area contributed by atoms with E-state index in [4.69, 9.17) is 24.9 Å². The number of aryl methyl sites for hydroxylation is 1. The summed E-state index contributed by atoms with van der Waals surface area (Å²) in [5, 5.41) is 2.80. The number of halogens is 2. The summed E-state index contributed by atoms with van der Waals surface area (Å²) in [6.07, 6.45) is -1.64. The third-order valence-corrected chi connectivity index (χ3v) is 6.99. The average molecular weight is 458 g/mol. The van der Waals surface area contributed by atoms with Crippen molar-refractivity contribution < 1.29 is 27.8 Å². The second kappa shape index (κ2) is 7.11. The van der Waals surface area contributed by atoms with Crippen LogP contribution in [-0.2, 0) is 15.0 Å². The van der Waals surface area contributed by atoms with E-state index in [-0.39, 0.29) is 23.9 Å². The number of pyridine rings is 1. The van der Waals surface area contributed by atoms with Crippen molar-refractivity contribution in [3.05, 3.63) is 52.8 Å². The summed E-state index contributed by atoms with van der Waals surface area (Å²) in [5.74, 6) is 0.111. The topological polar surface area (TPSA) is 108 Å². The van der Waals surface area contributed by atoms with Crippen molar-refractivity contribution in [1.82, 2.24) is 4.98 Å². The predicted octanol–water partition coefficient (Wildman–Crippen LogP) is 3.31. The molecular formula is C23H24F2N4O4. The van der Waals surface area contributed by atoms with Crippen molar-refractivity contribution in [2.24, 2.45) is 16.1 Å². The molecule has 1 aromatic heterocycles. The quantitative estimate of drug-likeness (QED) is 0.731. The van der Waals surface area contributed by atoms with Gasteiger partial charge >= 0.3 is 0 Å². The standard InChI is InChI=1S/C23H24F2N4O4/c1-12-6-13(18(24)25)8-27-17(12)19(30)28-14-4-5-16-15(7-14)23(11-32-20(26)29-23)22(9-31-10-22)21(2,3)33-16/h4-8,18H,9-11H2,1-3H3,(H2,26,29)(H,28,30). The Bertz CT molecular complexity index is 1180. The van der Waals surface area contributed by atoms with Gasteiger partial charge in [0.2, 0.25) is 0 Å². The highest BCUT2D eigenvalue weighted by Gasteiger charge is 2.71. The Kier molecular flexibility index (Phi) is 4.65. The number of hydrogen-bond donors (Lipinski definition) is 2. The molecule has 3 aliphatic rings. The second-order valence-electron chi connectivity index (χ2n) is 9.19. The second-order valence-corrected chi connectivity index (χ2v) is 9.19. The number of anilines is 1. The Labute approximate surface area is 189 Å². The van der Waals surface area contributed by atoms with Crippen LogP contribution in [0.25, 0.3) is 0 Å². The molecule has 1 atom stereocenters. The molecule has 4 heterocycles. The van der Waals surface area contributed by atoms with Gasteiger partial charge in [0, 0.05) is 23.0 Å². The number of aromatic nitrogens is 1. The summed E-state index contributed by atoms with van der Waals surface area (Å²) in [4.78, 5) is 21.5. The summed E-state index contributed by atoms with van der Waals surface area (Å²) >= 11 is 0. The summed E-state index contributed by atoms with van der Waals surface area (Å²) in [5.41, 5.74) is 5.42. The Morgan fingerprint density at radius 2 is 1.97 bits per heavy atom. The minimum Gasteiger partial charge on any atom is -0.487 e. The summed E-state index contributed by atoms with van der Waals surface area (Å²) in [6, 6.07) is 6.62. The number of amides is 1. The molecule has 2 spiro atoms. The Hall–Kier alpha value is -3.27. The zero-order chi connectivity index (χ0) is 23.6. The Morgan fingerprint density at radius 3 is 2.55 bits per heavy atom. The normalized spacial score (nSPS) is 24.0. The third-order valence-electron chi connectivity index (χ3n) is 6.99. The van der Waals surface area contributed by atoms with Gasteiger partial charge in [0.25, 0.3) is 18.4 Å². The largest absolute Gasteiger partial charge is 0.487 e. The van der Waals surface area contributed by atoms with Gasteiger partial charge in [-0.2, -0.15) is 0 Å². The number of fused-ring (bicyclic) bond motifs is 3. The van der Waals surface area contributed by atoms with Crippen molar-refractivity contribution >= 4 is 17.6 Å². The van der Waals surface area contributed by atoms with Crippen LogP contribution in [0, 0.1) is 12.3 Å². The first-order chi connectivity index (χ1) is 15.6. The molecule has 8 nitrogen and oxygen atoms in total. The van der Waals surface area contributed by atoms with E-state index < -0.39 is 28.9 Å². The molecule has 1 aromatic carbocycles. The maximum atomic E-state index is 12.9. The number of alkyl halides is 2. The van der Waals surface area contributed by atoms with Crippen LogP contribution in [0.5, 0.6) is 5.75 Å².